The van der Waals surface area contributed by atoms with Crippen LogP contribution >= 0.6 is 0 Å². The average Bonchev–Trinajstić information content (AvgIpc) is 2.75. The normalized spacial score (nSPS) is 18.9. The van der Waals surface area contributed by atoms with Crippen LogP contribution in [-0.2, 0) is 0 Å². The molecular formula is C25H30F4O2. The number of benzene rings is 1. The summed E-state index contributed by atoms with van der Waals surface area (Å²) in [6, 6.07) is 2.87. The van der Waals surface area contributed by atoms with Gasteiger partial charge in [-0.1, -0.05) is 38.2 Å². The fourth-order valence-electron chi connectivity index (χ4n) is 3.81. The molecule has 0 aromatic heterocycles. The summed E-state index contributed by atoms with van der Waals surface area (Å²) in [6.07, 6.45) is 5.49. The van der Waals surface area contributed by atoms with Gasteiger partial charge in [-0.15, -0.1) is 0 Å². The summed E-state index contributed by atoms with van der Waals surface area (Å²) in [5, 5.41) is 9.79. The lowest BCUT2D eigenvalue weighted by atomic mass is 9.81. The van der Waals surface area contributed by atoms with Crippen LogP contribution in [0, 0.1) is 17.6 Å². The van der Waals surface area contributed by atoms with E-state index in [9.17, 15) is 22.7 Å². The minimum absolute atomic E-state index is 0.137. The maximum absolute atomic E-state index is 14.8. The van der Waals surface area contributed by atoms with Gasteiger partial charge in [-0.05, 0) is 61.8 Å². The molecule has 0 spiro atoms. The van der Waals surface area contributed by atoms with Gasteiger partial charge in [0.1, 0.15) is 5.83 Å². The zero-order chi connectivity index (χ0) is 23.0. The van der Waals surface area contributed by atoms with Gasteiger partial charge >= 0.3 is 0 Å². The van der Waals surface area contributed by atoms with Gasteiger partial charge in [0.25, 0.3) is 0 Å². The Bertz CT molecular complexity index is 871. The Labute approximate surface area is 181 Å². The quantitative estimate of drug-likeness (QED) is 0.305. The van der Waals surface area contributed by atoms with E-state index >= 15 is 0 Å². The standard InChI is InChI=1S/C25H30F4O2/c1-4-7-18(30)15-21(26)23(27)19(8-5-2)16-9-11-17(12-10-16)20-13-14-22(31-6-3)25(29)24(20)28/h5,8,11,13-14,16,18,30H,2,4,6-7,9-10,12,15H2,1,3H3/b19-8-,23-21-. The van der Waals surface area contributed by atoms with E-state index in [0.29, 0.717) is 37.7 Å². The van der Waals surface area contributed by atoms with Gasteiger partial charge in [-0.3, -0.25) is 0 Å². The summed E-state index contributed by atoms with van der Waals surface area (Å²) in [6.45, 7) is 7.35. The van der Waals surface area contributed by atoms with E-state index in [1.165, 1.54) is 24.3 Å². The molecule has 0 amide bonds. The van der Waals surface area contributed by atoms with E-state index in [2.05, 4.69) is 6.58 Å². The number of rotatable bonds is 10. The third-order valence-electron chi connectivity index (χ3n) is 5.37. The van der Waals surface area contributed by atoms with Crippen molar-refractivity contribution in [3.05, 3.63) is 71.4 Å². The third-order valence-corrected chi connectivity index (χ3v) is 5.37. The SMILES string of the molecule is C=C/C=C(\C(F)=C(\F)CC(O)CCC)C1CC=C(c2ccc(OCC)c(F)c2F)CC1. The largest absolute Gasteiger partial charge is 0.491 e. The second-order valence-corrected chi connectivity index (χ2v) is 7.60. The zero-order valence-corrected chi connectivity index (χ0v) is 18.1. The fourth-order valence-corrected chi connectivity index (χ4v) is 3.81. The van der Waals surface area contributed by atoms with Crippen molar-refractivity contribution in [3.8, 4) is 5.75 Å². The first-order valence-corrected chi connectivity index (χ1v) is 10.7. The molecule has 2 unspecified atom stereocenters. The van der Waals surface area contributed by atoms with Crippen LogP contribution in [0.3, 0.4) is 0 Å². The molecule has 6 heteroatoms. The zero-order valence-electron chi connectivity index (χ0n) is 18.1. The molecule has 2 atom stereocenters. The van der Waals surface area contributed by atoms with E-state index in [0.717, 1.165) is 0 Å². The Hall–Kier alpha value is -2.34. The summed E-state index contributed by atoms with van der Waals surface area (Å²) in [5.41, 5.74) is 0.945. The van der Waals surface area contributed by atoms with Crippen molar-refractivity contribution in [2.45, 2.75) is 58.5 Å². The number of allylic oxidation sites excluding steroid dienone is 6. The van der Waals surface area contributed by atoms with Crippen LogP contribution in [0.2, 0.25) is 0 Å². The molecule has 1 aliphatic rings. The lowest BCUT2D eigenvalue weighted by Gasteiger charge is -2.25. The van der Waals surface area contributed by atoms with Crippen molar-refractivity contribution >= 4 is 5.57 Å². The van der Waals surface area contributed by atoms with Crippen LogP contribution in [-0.4, -0.2) is 17.8 Å². The van der Waals surface area contributed by atoms with E-state index in [-0.39, 0.29) is 35.8 Å². The van der Waals surface area contributed by atoms with Crippen molar-refractivity contribution in [1.29, 1.82) is 0 Å². The van der Waals surface area contributed by atoms with Gasteiger partial charge in [-0.2, -0.15) is 4.39 Å². The molecular weight excluding hydrogens is 408 g/mol. The maximum atomic E-state index is 14.8. The number of hydrogen-bond donors (Lipinski definition) is 1. The summed E-state index contributed by atoms with van der Waals surface area (Å²) in [5.74, 6) is -4.43. The van der Waals surface area contributed by atoms with Gasteiger partial charge in [0, 0.05) is 12.0 Å². The van der Waals surface area contributed by atoms with Crippen LogP contribution in [0.4, 0.5) is 17.6 Å². The third kappa shape index (κ3) is 6.33. The minimum atomic E-state index is -1.03. The second kappa shape index (κ2) is 11.9. The highest BCUT2D eigenvalue weighted by atomic mass is 19.2. The number of ether oxygens (including phenoxy) is 1. The van der Waals surface area contributed by atoms with Gasteiger partial charge in [0.05, 0.1) is 12.7 Å². The predicted molar refractivity (Wildman–Crippen MR) is 116 cm³/mol. The summed E-state index contributed by atoms with van der Waals surface area (Å²) in [4.78, 5) is 0. The molecule has 2 rings (SSSR count). The lowest BCUT2D eigenvalue weighted by molar-refractivity contribution is 0.155. The predicted octanol–water partition coefficient (Wildman–Crippen LogP) is 7.36. The highest BCUT2D eigenvalue weighted by molar-refractivity contribution is 5.68. The van der Waals surface area contributed by atoms with Crippen LogP contribution in [0.1, 0.15) is 57.9 Å². The number of aliphatic hydroxyl groups excluding tert-OH is 1. The van der Waals surface area contributed by atoms with Crippen molar-refractivity contribution in [2.75, 3.05) is 6.61 Å². The highest BCUT2D eigenvalue weighted by Gasteiger charge is 2.26. The number of hydrogen-bond acceptors (Lipinski definition) is 2. The van der Waals surface area contributed by atoms with E-state index in [4.69, 9.17) is 4.74 Å². The molecule has 1 aromatic rings. The Balaban J connectivity index is 2.22. The minimum Gasteiger partial charge on any atom is -0.491 e. The topological polar surface area (TPSA) is 29.5 Å². The first-order valence-electron chi connectivity index (χ1n) is 10.7. The van der Waals surface area contributed by atoms with Crippen molar-refractivity contribution < 1.29 is 27.4 Å². The molecule has 2 nitrogen and oxygen atoms in total. The van der Waals surface area contributed by atoms with Gasteiger partial charge < -0.3 is 9.84 Å². The van der Waals surface area contributed by atoms with Crippen LogP contribution in [0.15, 0.2) is 54.2 Å². The lowest BCUT2D eigenvalue weighted by Crippen LogP contribution is -2.12. The van der Waals surface area contributed by atoms with E-state index in [1.807, 2.05) is 6.92 Å². The molecule has 1 N–H and O–H groups in total. The average molecular weight is 439 g/mol. The molecule has 0 aliphatic heterocycles. The van der Waals surface area contributed by atoms with Crippen LogP contribution in [0.5, 0.6) is 5.75 Å². The van der Waals surface area contributed by atoms with Crippen LogP contribution in [0.25, 0.3) is 5.57 Å². The smallest absolute Gasteiger partial charge is 0.201 e. The first-order chi connectivity index (χ1) is 14.8. The van der Waals surface area contributed by atoms with Crippen LogP contribution < -0.4 is 4.74 Å². The highest BCUT2D eigenvalue weighted by Crippen LogP contribution is 2.39. The Morgan fingerprint density at radius 3 is 2.58 bits per heavy atom. The molecule has 170 valence electrons. The Kier molecular flexibility index (Phi) is 9.56. The molecule has 0 saturated carbocycles. The van der Waals surface area contributed by atoms with E-state index < -0.39 is 29.4 Å². The molecule has 0 bridgehead atoms. The van der Waals surface area contributed by atoms with Gasteiger partial charge in [-0.25, -0.2) is 13.2 Å². The summed E-state index contributed by atoms with van der Waals surface area (Å²) >= 11 is 0. The fraction of sp³-hybridized carbons (Fsp3) is 0.440. The summed E-state index contributed by atoms with van der Waals surface area (Å²) < 4.78 is 63.0. The van der Waals surface area contributed by atoms with Crippen molar-refractivity contribution in [3.63, 3.8) is 0 Å². The summed E-state index contributed by atoms with van der Waals surface area (Å²) in [7, 11) is 0. The Morgan fingerprint density at radius 1 is 1.26 bits per heavy atom. The van der Waals surface area contributed by atoms with E-state index in [1.54, 1.807) is 13.0 Å². The molecule has 1 aromatic carbocycles. The second-order valence-electron chi connectivity index (χ2n) is 7.60. The maximum Gasteiger partial charge on any atom is 0.201 e. The first kappa shape index (κ1) is 24.9. The van der Waals surface area contributed by atoms with Gasteiger partial charge in [0.15, 0.2) is 17.4 Å². The Morgan fingerprint density at radius 2 is 2.00 bits per heavy atom. The van der Waals surface area contributed by atoms with Crippen molar-refractivity contribution in [2.24, 2.45) is 5.92 Å². The molecule has 1 aliphatic carbocycles. The van der Waals surface area contributed by atoms with Gasteiger partial charge in [0.2, 0.25) is 5.82 Å². The molecule has 0 saturated heterocycles. The monoisotopic (exact) mass is 438 g/mol. The molecule has 0 fully saturated rings. The molecule has 0 heterocycles. The number of aliphatic hydroxyl groups is 1. The molecule has 31 heavy (non-hydrogen) atoms. The molecule has 0 radical (unpaired) electrons. The number of halogens is 4. The van der Waals surface area contributed by atoms with Crippen molar-refractivity contribution in [1.82, 2.24) is 0 Å².